The number of hydrogen-bond donors (Lipinski definition) is 1. The first-order chi connectivity index (χ1) is 11.6. The molecule has 1 aromatic heterocycles. The molecule has 2 aromatic rings. The summed E-state index contributed by atoms with van der Waals surface area (Å²) in [5, 5.41) is 5.05. The van der Waals surface area contributed by atoms with E-state index >= 15 is 0 Å². The van der Waals surface area contributed by atoms with Crippen molar-refractivity contribution in [3.8, 4) is 5.75 Å². The molecule has 1 aromatic carbocycles. The molecule has 0 fully saturated rings. The fourth-order valence-corrected chi connectivity index (χ4v) is 3.66. The normalized spacial score (nSPS) is 15.6. The molecule has 1 N–H and O–H groups in total. The van der Waals surface area contributed by atoms with E-state index in [9.17, 15) is 9.18 Å². The van der Waals surface area contributed by atoms with Gasteiger partial charge in [-0.15, -0.1) is 11.3 Å². The molecule has 1 amide bonds. The van der Waals surface area contributed by atoms with Gasteiger partial charge in [-0.05, 0) is 54.6 Å². The van der Waals surface area contributed by atoms with Crippen molar-refractivity contribution in [2.24, 2.45) is 0 Å². The minimum atomic E-state index is -0.323. The van der Waals surface area contributed by atoms with Crippen molar-refractivity contribution < 1.29 is 13.9 Å². The number of benzene rings is 1. The number of thiophene rings is 1. The Hall–Kier alpha value is -1.92. The fourth-order valence-electron chi connectivity index (χ4n) is 2.77. The Bertz CT molecular complexity index is 687. The smallest absolute Gasteiger partial charge is 0.257 e. The molecule has 0 aliphatic carbocycles. The van der Waals surface area contributed by atoms with E-state index in [4.69, 9.17) is 4.74 Å². The molecule has 1 aliphatic rings. The lowest BCUT2D eigenvalue weighted by molar-refractivity contribution is -0.123. The van der Waals surface area contributed by atoms with E-state index in [-0.39, 0.29) is 24.4 Å². The predicted octanol–water partition coefficient (Wildman–Crippen LogP) is 2.83. The summed E-state index contributed by atoms with van der Waals surface area (Å²) in [4.78, 5) is 15.8. The van der Waals surface area contributed by atoms with Crippen molar-refractivity contribution in [3.05, 3.63) is 52.0 Å². The topological polar surface area (TPSA) is 41.6 Å². The van der Waals surface area contributed by atoms with E-state index in [2.05, 4.69) is 28.6 Å². The van der Waals surface area contributed by atoms with E-state index in [1.165, 1.54) is 34.7 Å². The van der Waals surface area contributed by atoms with Crippen LogP contribution in [0.25, 0.3) is 0 Å². The average molecular weight is 348 g/mol. The van der Waals surface area contributed by atoms with E-state index < -0.39 is 0 Å². The highest BCUT2D eigenvalue weighted by Gasteiger charge is 2.21. The zero-order valence-corrected chi connectivity index (χ0v) is 14.4. The van der Waals surface area contributed by atoms with Crippen molar-refractivity contribution in [1.82, 2.24) is 10.2 Å². The van der Waals surface area contributed by atoms with Crippen LogP contribution in [0.2, 0.25) is 0 Å². The number of nitrogens with zero attached hydrogens (tertiary/aromatic N) is 1. The molecule has 0 radical (unpaired) electrons. The highest BCUT2D eigenvalue weighted by atomic mass is 32.1. The van der Waals surface area contributed by atoms with Gasteiger partial charge in [0.2, 0.25) is 0 Å². The minimum Gasteiger partial charge on any atom is -0.484 e. The van der Waals surface area contributed by atoms with Gasteiger partial charge in [0.05, 0.1) is 0 Å². The van der Waals surface area contributed by atoms with Gasteiger partial charge in [-0.3, -0.25) is 9.69 Å². The second-order valence-corrected chi connectivity index (χ2v) is 6.99. The second kappa shape index (κ2) is 7.77. The molecule has 0 bridgehead atoms. The quantitative estimate of drug-likeness (QED) is 0.873. The Morgan fingerprint density at radius 1 is 1.38 bits per heavy atom. The zero-order valence-electron chi connectivity index (χ0n) is 13.6. The number of carbonyl (C=O) groups is 1. The van der Waals surface area contributed by atoms with Gasteiger partial charge < -0.3 is 10.1 Å². The summed E-state index contributed by atoms with van der Waals surface area (Å²) in [6.07, 6.45) is 1.08. The van der Waals surface area contributed by atoms with Crippen LogP contribution in [0.15, 0.2) is 35.7 Å². The highest BCUT2D eigenvalue weighted by molar-refractivity contribution is 7.10. The molecule has 3 rings (SSSR count). The zero-order chi connectivity index (χ0) is 16.9. The molecule has 1 atom stereocenters. The van der Waals surface area contributed by atoms with Gasteiger partial charge in [-0.25, -0.2) is 4.39 Å². The molecule has 0 saturated carbocycles. The number of halogens is 1. The summed E-state index contributed by atoms with van der Waals surface area (Å²) in [7, 11) is 0. The SMILES string of the molecule is CC(CNC(=O)COc1ccc(F)cc1)N1CCc2sccc2C1. The summed E-state index contributed by atoms with van der Waals surface area (Å²) in [6.45, 7) is 4.62. The molecule has 0 spiro atoms. The number of amides is 1. The molecule has 2 heterocycles. The maximum absolute atomic E-state index is 12.8. The summed E-state index contributed by atoms with van der Waals surface area (Å²) in [5.41, 5.74) is 1.41. The lowest BCUT2D eigenvalue weighted by Crippen LogP contribution is -2.45. The number of carbonyl (C=O) groups excluding carboxylic acids is 1. The van der Waals surface area contributed by atoms with Gasteiger partial charge in [-0.2, -0.15) is 0 Å². The summed E-state index contributed by atoms with van der Waals surface area (Å²) >= 11 is 1.83. The molecule has 0 saturated heterocycles. The van der Waals surface area contributed by atoms with Crippen molar-refractivity contribution in [2.75, 3.05) is 19.7 Å². The molecular weight excluding hydrogens is 327 g/mol. The van der Waals surface area contributed by atoms with Crippen molar-refractivity contribution >= 4 is 17.2 Å². The van der Waals surface area contributed by atoms with Crippen LogP contribution in [0.5, 0.6) is 5.75 Å². The van der Waals surface area contributed by atoms with Crippen LogP contribution in [0.1, 0.15) is 17.4 Å². The maximum Gasteiger partial charge on any atom is 0.257 e. The minimum absolute atomic E-state index is 0.0625. The monoisotopic (exact) mass is 348 g/mol. The number of fused-ring (bicyclic) bond motifs is 1. The van der Waals surface area contributed by atoms with Gasteiger partial charge in [-0.1, -0.05) is 0 Å². The third kappa shape index (κ3) is 4.33. The van der Waals surface area contributed by atoms with Gasteiger partial charge in [0, 0.05) is 30.6 Å². The maximum atomic E-state index is 12.8. The first-order valence-electron chi connectivity index (χ1n) is 8.06. The molecule has 24 heavy (non-hydrogen) atoms. The van der Waals surface area contributed by atoms with Gasteiger partial charge in [0.15, 0.2) is 6.61 Å². The first kappa shape index (κ1) is 16.9. The second-order valence-electron chi connectivity index (χ2n) is 5.99. The third-order valence-corrected chi connectivity index (χ3v) is 5.26. The van der Waals surface area contributed by atoms with Crippen molar-refractivity contribution in [1.29, 1.82) is 0 Å². The molecule has 1 aliphatic heterocycles. The first-order valence-corrected chi connectivity index (χ1v) is 8.94. The summed E-state index contributed by atoms with van der Waals surface area (Å²) in [6, 6.07) is 8.10. The Balaban J connectivity index is 1.40. The number of ether oxygens (including phenoxy) is 1. The van der Waals surface area contributed by atoms with Crippen LogP contribution >= 0.6 is 11.3 Å². The van der Waals surface area contributed by atoms with Gasteiger partial charge >= 0.3 is 0 Å². The summed E-state index contributed by atoms with van der Waals surface area (Å²) in [5.74, 6) is -0.00374. The van der Waals surface area contributed by atoms with Crippen molar-refractivity contribution in [2.45, 2.75) is 25.9 Å². The Kier molecular flexibility index (Phi) is 5.48. The number of nitrogens with one attached hydrogen (secondary N) is 1. The predicted molar refractivity (Wildman–Crippen MR) is 92.8 cm³/mol. The largest absolute Gasteiger partial charge is 0.484 e. The molecule has 128 valence electrons. The average Bonchev–Trinajstić information content (AvgIpc) is 3.06. The van der Waals surface area contributed by atoms with E-state index in [1.54, 1.807) is 0 Å². The van der Waals surface area contributed by atoms with Crippen LogP contribution in [0, 0.1) is 5.82 Å². The third-order valence-electron chi connectivity index (χ3n) is 4.24. The molecule has 6 heteroatoms. The number of rotatable bonds is 6. The van der Waals surface area contributed by atoms with Crippen molar-refractivity contribution in [3.63, 3.8) is 0 Å². The standard InChI is InChI=1S/C18H21FN2O2S/c1-13(21-8-6-17-14(11-21)7-9-24-17)10-20-18(22)12-23-16-4-2-15(19)3-5-16/h2-5,7,9,13H,6,8,10-12H2,1H3,(H,20,22). The van der Waals surface area contributed by atoms with E-state index in [0.717, 1.165) is 19.5 Å². The molecule has 1 unspecified atom stereocenters. The highest BCUT2D eigenvalue weighted by Crippen LogP contribution is 2.24. The molecule has 4 nitrogen and oxygen atoms in total. The summed E-state index contributed by atoms with van der Waals surface area (Å²) < 4.78 is 18.2. The van der Waals surface area contributed by atoms with E-state index in [0.29, 0.717) is 12.3 Å². The lowest BCUT2D eigenvalue weighted by Gasteiger charge is -2.32. The van der Waals surface area contributed by atoms with Crippen LogP contribution in [-0.4, -0.2) is 36.5 Å². The van der Waals surface area contributed by atoms with Crippen LogP contribution in [0.4, 0.5) is 4.39 Å². The van der Waals surface area contributed by atoms with Crippen LogP contribution in [0.3, 0.4) is 0 Å². The Morgan fingerprint density at radius 2 is 2.17 bits per heavy atom. The fraction of sp³-hybridized carbons (Fsp3) is 0.389. The Labute approximate surface area is 145 Å². The van der Waals surface area contributed by atoms with Crippen LogP contribution < -0.4 is 10.1 Å². The molecular formula is C18H21FN2O2S. The Morgan fingerprint density at radius 3 is 2.96 bits per heavy atom. The van der Waals surface area contributed by atoms with E-state index in [1.807, 2.05) is 11.3 Å². The van der Waals surface area contributed by atoms with Gasteiger partial charge in [0.1, 0.15) is 11.6 Å². The van der Waals surface area contributed by atoms with Crippen LogP contribution in [-0.2, 0) is 17.8 Å². The lowest BCUT2D eigenvalue weighted by atomic mass is 10.1. The van der Waals surface area contributed by atoms with Gasteiger partial charge in [0.25, 0.3) is 5.91 Å². The number of hydrogen-bond acceptors (Lipinski definition) is 4.